The number of rotatable bonds is 3. The maximum atomic E-state index is 12.9. The molecule has 0 aromatic carbocycles. The smallest absolute Gasteiger partial charge is 0.343 e. The van der Waals surface area contributed by atoms with Gasteiger partial charge in [-0.3, -0.25) is 4.57 Å². The molecular formula is C9H7FN4O3S. The Labute approximate surface area is 104 Å². The standard InChI is InChI=1S/C9H7FN4O3S/c1-14-8(17)12-13-9(14)18-6-5(7(15)16)2-4(10)3-11-6/h2-3H,1H3,(H,12,17)(H,15,16). The summed E-state index contributed by atoms with van der Waals surface area (Å²) < 4.78 is 14.1. The molecule has 0 spiro atoms. The third-order valence-electron chi connectivity index (χ3n) is 2.07. The minimum Gasteiger partial charge on any atom is -0.478 e. The van der Waals surface area contributed by atoms with Crippen LogP contribution in [0.5, 0.6) is 0 Å². The number of aromatic amines is 1. The van der Waals surface area contributed by atoms with Gasteiger partial charge in [0.1, 0.15) is 10.8 Å². The number of nitrogens with one attached hydrogen (secondary N) is 1. The number of H-pyrrole nitrogens is 1. The van der Waals surface area contributed by atoms with Crippen LogP contribution < -0.4 is 5.69 Å². The Morgan fingerprint density at radius 1 is 1.61 bits per heavy atom. The van der Waals surface area contributed by atoms with Crippen molar-refractivity contribution in [1.29, 1.82) is 0 Å². The predicted molar refractivity (Wildman–Crippen MR) is 59.1 cm³/mol. The molecular weight excluding hydrogens is 263 g/mol. The van der Waals surface area contributed by atoms with Crippen molar-refractivity contribution in [1.82, 2.24) is 19.7 Å². The summed E-state index contributed by atoms with van der Waals surface area (Å²) in [6, 6.07) is 0.864. The van der Waals surface area contributed by atoms with E-state index in [1.54, 1.807) is 0 Å². The Bertz CT molecular complexity index is 666. The first-order chi connectivity index (χ1) is 8.49. The van der Waals surface area contributed by atoms with Crippen LogP contribution in [0, 0.1) is 5.82 Å². The maximum absolute atomic E-state index is 12.9. The van der Waals surface area contributed by atoms with Crippen LogP contribution in [0.4, 0.5) is 4.39 Å². The Balaban J connectivity index is 2.43. The molecule has 0 radical (unpaired) electrons. The maximum Gasteiger partial charge on any atom is 0.343 e. The average Bonchev–Trinajstić information content (AvgIpc) is 2.63. The zero-order chi connectivity index (χ0) is 13.3. The summed E-state index contributed by atoms with van der Waals surface area (Å²) in [5, 5.41) is 15.1. The number of hydrogen-bond donors (Lipinski definition) is 2. The molecule has 0 unspecified atom stereocenters. The van der Waals surface area contributed by atoms with Gasteiger partial charge in [-0.2, -0.15) is 0 Å². The Morgan fingerprint density at radius 2 is 2.33 bits per heavy atom. The summed E-state index contributed by atoms with van der Waals surface area (Å²) in [6.07, 6.45) is 0.902. The van der Waals surface area contributed by atoms with Crippen molar-refractivity contribution in [3.05, 3.63) is 34.1 Å². The fraction of sp³-hybridized carbons (Fsp3) is 0.111. The lowest BCUT2D eigenvalue weighted by atomic mass is 10.3. The van der Waals surface area contributed by atoms with Gasteiger partial charge in [-0.25, -0.2) is 24.1 Å². The number of hydrogen-bond acceptors (Lipinski definition) is 5. The van der Waals surface area contributed by atoms with Gasteiger partial charge in [-0.1, -0.05) is 0 Å². The normalized spacial score (nSPS) is 10.6. The molecule has 18 heavy (non-hydrogen) atoms. The van der Waals surface area contributed by atoms with Crippen molar-refractivity contribution in [2.24, 2.45) is 7.05 Å². The Kier molecular flexibility index (Phi) is 3.15. The number of halogens is 1. The lowest BCUT2D eigenvalue weighted by molar-refractivity contribution is 0.0691. The fourth-order valence-electron chi connectivity index (χ4n) is 1.17. The second-order valence-electron chi connectivity index (χ2n) is 3.28. The van der Waals surface area contributed by atoms with Gasteiger partial charge < -0.3 is 5.11 Å². The fourth-order valence-corrected chi connectivity index (χ4v) is 2.02. The molecule has 0 saturated carbocycles. The Morgan fingerprint density at radius 3 is 2.89 bits per heavy atom. The molecule has 0 amide bonds. The number of pyridine rings is 1. The first-order valence-corrected chi connectivity index (χ1v) is 5.49. The van der Waals surface area contributed by atoms with E-state index < -0.39 is 17.5 Å². The van der Waals surface area contributed by atoms with Crippen molar-refractivity contribution in [2.45, 2.75) is 10.2 Å². The zero-order valence-electron chi connectivity index (χ0n) is 9.05. The van der Waals surface area contributed by atoms with Crippen molar-refractivity contribution in [3.8, 4) is 0 Å². The molecule has 2 N–H and O–H groups in total. The van der Waals surface area contributed by atoms with E-state index in [9.17, 15) is 14.0 Å². The first-order valence-electron chi connectivity index (χ1n) is 4.67. The van der Waals surface area contributed by atoms with Crippen LogP contribution in [0.25, 0.3) is 0 Å². The summed E-state index contributed by atoms with van der Waals surface area (Å²) in [7, 11) is 1.47. The van der Waals surface area contributed by atoms with Gasteiger partial charge in [0.15, 0.2) is 5.16 Å². The van der Waals surface area contributed by atoms with Crippen LogP contribution in [-0.4, -0.2) is 30.8 Å². The van der Waals surface area contributed by atoms with Gasteiger partial charge in [0.25, 0.3) is 0 Å². The number of aromatic nitrogens is 4. The van der Waals surface area contributed by atoms with E-state index in [0.717, 1.165) is 24.0 Å². The van der Waals surface area contributed by atoms with Gasteiger partial charge in [-0.15, -0.1) is 5.10 Å². The number of aromatic carboxylic acids is 1. The number of carboxylic acid groups (broad SMARTS) is 1. The summed E-state index contributed by atoms with van der Waals surface area (Å²) in [6.45, 7) is 0. The van der Waals surface area contributed by atoms with Crippen molar-refractivity contribution in [2.75, 3.05) is 0 Å². The third-order valence-corrected chi connectivity index (χ3v) is 3.14. The predicted octanol–water partition coefficient (Wildman–Crippen LogP) is 0.492. The quantitative estimate of drug-likeness (QED) is 0.841. The van der Waals surface area contributed by atoms with E-state index in [1.807, 2.05) is 0 Å². The lowest BCUT2D eigenvalue weighted by Crippen LogP contribution is -2.13. The van der Waals surface area contributed by atoms with Crippen molar-refractivity contribution in [3.63, 3.8) is 0 Å². The van der Waals surface area contributed by atoms with Crippen molar-refractivity contribution >= 4 is 17.7 Å². The molecule has 94 valence electrons. The SMILES string of the molecule is Cn1c(Sc2ncc(F)cc2C(=O)O)n[nH]c1=O. The average molecular weight is 270 g/mol. The number of carboxylic acids is 1. The van der Waals surface area contributed by atoms with E-state index in [2.05, 4.69) is 15.2 Å². The summed E-state index contributed by atoms with van der Waals surface area (Å²) in [4.78, 5) is 25.8. The zero-order valence-corrected chi connectivity index (χ0v) is 9.86. The van der Waals surface area contributed by atoms with Gasteiger partial charge in [0.2, 0.25) is 0 Å². The highest BCUT2D eigenvalue weighted by molar-refractivity contribution is 7.99. The Hall–Kier alpha value is -2.16. The molecule has 2 heterocycles. The molecule has 0 atom stereocenters. The van der Waals surface area contributed by atoms with Crippen LogP contribution in [0.3, 0.4) is 0 Å². The molecule has 0 saturated heterocycles. The highest BCUT2D eigenvalue weighted by Gasteiger charge is 2.16. The third kappa shape index (κ3) is 2.25. The molecule has 2 aromatic rings. The lowest BCUT2D eigenvalue weighted by Gasteiger charge is -2.03. The van der Waals surface area contributed by atoms with Gasteiger partial charge in [0, 0.05) is 7.05 Å². The van der Waals surface area contributed by atoms with E-state index in [1.165, 1.54) is 11.6 Å². The molecule has 0 bridgehead atoms. The topological polar surface area (TPSA) is 101 Å². The molecule has 7 nitrogen and oxygen atoms in total. The van der Waals surface area contributed by atoms with Crippen LogP contribution in [0.1, 0.15) is 10.4 Å². The molecule has 9 heteroatoms. The first kappa shape index (κ1) is 12.3. The van der Waals surface area contributed by atoms with Crippen LogP contribution in [0.15, 0.2) is 27.2 Å². The molecule has 0 aliphatic heterocycles. The molecule has 2 rings (SSSR count). The minimum atomic E-state index is -1.30. The van der Waals surface area contributed by atoms with Gasteiger partial charge >= 0.3 is 11.7 Å². The number of carbonyl (C=O) groups is 1. The number of nitrogens with zero attached hydrogens (tertiary/aromatic N) is 3. The highest BCUT2D eigenvalue weighted by atomic mass is 32.2. The molecule has 2 aromatic heterocycles. The van der Waals surface area contributed by atoms with Gasteiger partial charge in [0.05, 0.1) is 11.8 Å². The van der Waals surface area contributed by atoms with Crippen LogP contribution >= 0.6 is 11.8 Å². The molecule has 0 aliphatic rings. The minimum absolute atomic E-state index is 0.0611. The van der Waals surface area contributed by atoms with Crippen LogP contribution in [0.2, 0.25) is 0 Å². The second-order valence-corrected chi connectivity index (χ2v) is 4.24. The van der Waals surface area contributed by atoms with E-state index in [4.69, 9.17) is 5.11 Å². The summed E-state index contributed by atoms with van der Waals surface area (Å²) in [5.74, 6) is -2.04. The van der Waals surface area contributed by atoms with Gasteiger partial charge in [-0.05, 0) is 17.8 Å². The van der Waals surface area contributed by atoms with Crippen LogP contribution in [-0.2, 0) is 7.05 Å². The van der Waals surface area contributed by atoms with Crippen molar-refractivity contribution < 1.29 is 14.3 Å². The highest BCUT2D eigenvalue weighted by Crippen LogP contribution is 2.26. The summed E-state index contributed by atoms with van der Waals surface area (Å²) in [5.41, 5.74) is -0.716. The monoisotopic (exact) mass is 270 g/mol. The van der Waals surface area contributed by atoms with E-state index in [-0.39, 0.29) is 15.7 Å². The summed E-state index contributed by atoms with van der Waals surface area (Å²) >= 11 is 0.861. The van der Waals surface area contributed by atoms with E-state index in [0.29, 0.717) is 0 Å². The molecule has 0 fully saturated rings. The molecule has 0 aliphatic carbocycles. The largest absolute Gasteiger partial charge is 0.478 e. The van der Waals surface area contributed by atoms with E-state index >= 15 is 0 Å². The second kappa shape index (κ2) is 4.61.